The van der Waals surface area contributed by atoms with E-state index in [0.717, 1.165) is 0 Å². The maximum Gasteiger partial charge on any atom is 0.326 e. The van der Waals surface area contributed by atoms with Crippen molar-refractivity contribution >= 4 is 11.8 Å². The fraction of sp³-hybridized carbons (Fsp3) is 0.429. The summed E-state index contributed by atoms with van der Waals surface area (Å²) in [5, 5.41) is 0. The lowest BCUT2D eigenvalue weighted by Gasteiger charge is -2.23. The molecule has 0 fully saturated rings. The molecule has 3 nitrogen and oxygen atoms in total. The number of fused-ring (bicyclic) bond motifs is 1. The summed E-state index contributed by atoms with van der Waals surface area (Å²) in [6.45, 7) is 3.16. The van der Waals surface area contributed by atoms with Gasteiger partial charge in [-0.15, -0.1) is 0 Å². The third-order valence-electron chi connectivity index (χ3n) is 3.47. The zero-order valence-electron chi connectivity index (χ0n) is 10.7. The fourth-order valence-corrected chi connectivity index (χ4v) is 2.49. The number of aryl methyl sites for hydroxylation is 1. The van der Waals surface area contributed by atoms with Crippen LogP contribution < -0.4 is 0 Å². The van der Waals surface area contributed by atoms with Gasteiger partial charge in [0.15, 0.2) is 11.2 Å². The quantitative estimate of drug-likeness (QED) is 0.625. The minimum atomic E-state index is -3.08. The molecule has 2 rings (SSSR count). The second kappa shape index (κ2) is 4.72. The first kappa shape index (κ1) is 13.6. The van der Waals surface area contributed by atoms with Crippen LogP contribution in [0.3, 0.4) is 0 Å². The third-order valence-corrected chi connectivity index (χ3v) is 3.47. The highest BCUT2D eigenvalue weighted by molar-refractivity contribution is 6.17. The Morgan fingerprint density at radius 1 is 1.47 bits per heavy atom. The molecule has 1 aliphatic carbocycles. The molecule has 1 aliphatic rings. The van der Waals surface area contributed by atoms with Crippen LogP contribution in [0, 0.1) is 12.3 Å². The van der Waals surface area contributed by atoms with Crippen molar-refractivity contribution < 1.29 is 23.1 Å². The summed E-state index contributed by atoms with van der Waals surface area (Å²) in [5.74, 6) is -1.96. The summed E-state index contributed by atoms with van der Waals surface area (Å²) in [7, 11) is 0. The maximum absolute atomic E-state index is 13.4. The Hall–Kier alpha value is -1.78. The molecule has 0 bridgehead atoms. The second-order valence-electron chi connectivity index (χ2n) is 4.61. The molecule has 0 saturated heterocycles. The van der Waals surface area contributed by atoms with Gasteiger partial charge in [-0.3, -0.25) is 9.59 Å². The van der Waals surface area contributed by atoms with Crippen molar-refractivity contribution in [3.63, 3.8) is 0 Å². The van der Waals surface area contributed by atoms with Crippen LogP contribution in [0.4, 0.5) is 8.78 Å². The van der Waals surface area contributed by atoms with Gasteiger partial charge in [0, 0.05) is 12.0 Å². The van der Waals surface area contributed by atoms with Gasteiger partial charge in [0.25, 0.3) is 6.43 Å². The predicted octanol–water partition coefficient (Wildman–Crippen LogP) is 2.55. The van der Waals surface area contributed by atoms with E-state index >= 15 is 0 Å². The summed E-state index contributed by atoms with van der Waals surface area (Å²) in [4.78, 5) is 24.2. The summed E-state index contributed by atoms with van der Waals surface area (Å²) in [6, 6.07) is 4.96. The van der Waals surface area contributed by atoms with Gasteiger partial charge in [-0.05, 0) is 25.0 Å². The molecule has 0 aliphatic heterocycles. The van der Waals surface area contributed by atoms with E-state index in [0.29, 0.717) is 11.1 Å². The third kappa shape index (κ3) is 1.84. The maximum atomic E-state index is 13.4. The number of hydrogen-bond donors (Lipinski definition) is 0. The van der Waals surface area contributed by atoms with E-state index in [1.807, 2.05) is 0 Å². The van der Waals surface area contributed by atoms with Gasteiger partial charge in [0.1, 0.15) is 0 Å². The Morgan fingerprint density at radius 3 is 2.68 bits per heavy atom. The molecular formula is C14H14F2O3. The van der Waals surface area contributed by atoms with Gasteiger partial charge in [-0.25, -0.2) is 8.78 Å². The monoisotopic (exact) mass is 268 g/mol. The highest BCUT2D eigenvalue weighted by atomic mass is 19.3. The van der Waals surface area contributed by atoms with Crippen molar-refractivity contribution in [2.45, 2.75) is 26.7 Å². The standard InChI is InChI=1S/C14H14F2O3/c1-3-19-13(18)14(12(15)16)7-9-6-4-5-8(2)10(9)11(14)17/h4-6,12H,3,7H2,1-2H3. The van der Waals surface area contributed by atoms with E-state index in [4.69, 9.17) is 4.74 Å². The lowest BCUT2D eigenvalue weighted by atomic mass is 9.84. The van der Waals surface area contributed by atoms with Crippen molar-refractivity contribution in [3.8, 4) is 0 Å². The number of esters is 1. The van der Waals surface area contributed by atoms with E-state index in [1.54, 1.807) is 25.1 Å². The molecule has 0 amide bonds. The molecule has 0 heterocycles. The summed E-state index contributed by atoms with van der Waals surface area (Å²) < 4.78 is 31.5. The minimum absolute atomic E-state index is 0.0318. The summed E-state index contributed by atoms with van der Waals surface area (Å²) in [6.07, 6.45) is -3.37. The first-order chi connectivity index (χ1) is 8.95. The van der Waals surface area contributed by atoms with Crippen LogP contribution in [-0.2, 0) is 16.0 Å². The number of carbonyl (C=O) groups is 2. The molecule has 0 radical (unpaired) electrons. The van der Waals surface area contributed by atoms with Crippen molar-refractivity contribution in [1.82, 2.24) is 0 Å². The molecule has 0 N–H and O–H groups in total. The molecule has 1 aromatic carbocycles. The zero-order chi connectivity index (χ0) is 14.2. The van der Waals surface area contributed by atoms with Crippen LogP contribution >= 0.6 is 0 Å². The van der Waals surface area contributed by atoms with Crippen molar-refractivity contribution in [3.05, 3.63) is 34.9 Å². The molecule has 1 atom stereocenters. The van der Waals surface area contributed by atoms with E-state index in [-0.39, 0.29) is 18.6 Å². The number of alkyl halides is 2. The molecule has 5 heteroatoms. The van der Waals surface area contributed by atoms with E-state index in [1.165, 1.54) is 6.92 Å². The first-order valence-electron chi connectivity index (χ1n) is 6.03. The molecule has 19 heavy (non-hydrogen) atoms. The number of halogens is 2. The lowest BCUT2D eigenvalue weighted by Crippen LogP contribution is -2.45. The van der Waals surface area contributed by atoms with Gasteiger partial charge in [0.2, 0.25) is 0 Å². The molecule has 0 aromatic heterocycles. The number of rotatable bonds is 3. The van der Waals surface area contributed by atoms with Crippen LogP contribution in [0.1, 0.15) is 28.4 Å². The molecular weight excluding hydrogens is 254 g/mol. The van der Waals surface area contributed by atoms with Crippen molar-refractivity contribution in [2.75, 3.05) is 6.61 Å². The van der Waals surface area contributed by atoms with Gasteiger partial charge < -0.3 is 4.74 Å². The molecule has 0 spiro atoms. The Morgan fingerprint density at radius 2 is 2.16 bits per heavy atom. The molecule has 102 valence electrons. The predicted molar refractivity (Wildman–Crippen MR) is 64.3 cm³/mol. The summed E-state index contributed by atoms with van der Waals surface area (Å²) in [5.41, 5.74) is -1.05. The number of benzene rings is 1. The smallest absolute Gasteiger partial charge is 0.326 e. The average Bonchev–Trinajstić information content (AvgIpc) is 2.65. The highest BCUT2D eigenvalue weighted by Gasteiger charge is 2.59. The van der Waals surface area contributed by atoms with Gasteiger partial charge >= 0.3 is 5.97 Å². The molecule has 1 aromatic rings. The topological polar surface area (TPSA) is 43.4 Å². The van der Waals surface area contributed by atoms with Crippen LogP contribution in [0.5, 0.6) is 0 Å². The second-order valence-corrected chi connectivity index (χ2v) is 4.61. The number of hydrogen-bond acceptors (Lipinski definition) is 3. The number of carbonyl (C=O) groups excluding carboxylic acids is 2. The normalized spacial score (nSPS) is 21.6. The molecule has 1 unspecified atom stereocenters. The van der Waals surface area contributed by atoms with Crippen LogP contribution in [0.25, 0.3) is 0 Å². The van der Waals surface area contributed by atoms with Gasteiger partial charge in [0.05, 0.1) is 6.61 Å². The summed E-state index contributed by atoms with van der Waals surface area (Å²) >= 11 is 0. The number of ketones is 1. The van der Waals surface area contributed by atoms with Crippen molar-refractivity contribution in [1.29, 1.82) is 0 Å². The Bertz CT molecular complexity index is 539. The van der Waals surface area contributed by atoms with E-state index < -0.39 is 23.6 Å². The number of Topliss-reactive ketones (excluding diaryl/α,β-unsaturated/α-hetero) is 1. The van der Waals surface area contributed by atoms with Crippen molar-refractivity contribution in [2.24, 2.45) is 5.41 Å². The zero-order valence-corrected chi connectivity index (χ0v) is 10.7. The average molecular weight is 268 g/mol. The molecule has 0 saturated carbocycles. The first-order valence-corrected chi connectivity index (χ1v) is 6.03. The van der Waals surface area contributed by atoms with Crippen LogP contribution in [0.15, 0.2) is 18.2 Å². The number of ether oxygens (including phenoxy) is 1. The van der Waals surface area contributed by atoms with Gasteiger partial charge in [-0.1, -0.05) is 18.2 Å². The Labute approximate surface area is 109 Å². The Balaban J connectivity index is 2.54. The van der Waals surface area contributed by atoms with E-state index in [2.05, 4.69) is 0 Å². The van der Waals surface area contributed by atoms with Gasteiger partial charge in [-0.2, -0.15) is 0 Å². The SMILES string of the molecule is CCOC(=O)C1(C(F)F)Cc2cccc(C)c2C1=O. The van der Waals surface area contributed by atoms with E-state index in [9.17, 15) is 18.4 Å². The fourth-order valence-electron chi connectivity index (χ4n) is 2.49. The largest absolute Gasteiger partial charge is 0.465 e. The Kier molecular flexibility index (Phi) is 3.39. The van der Waals surface area contributed by atoms with Crippen LogP contribution in [-0.4, -0.2) is 24.8 Å². The minimum Gasteiger partial charge on any atom is -0.465 e. The highest BCUT2D eigenvalue weighted by Crippen LogP contribution is 2.43. The lowest BCUT2D eigenvalue weighted by molar-refractivity contribution is -0.159. The van der Waals surface area contributed by atoms with Crippen LogP contribution in [0.2, 0.25) is 0 Å².